The van der Waals surface area contributed by atoms with Crippen LogP contribution in [-0.2, 0) is 25.8 Å². The molecule has 0 radical (unpaired) electrons. The number of hydrogen-bond donors (Lipinski definition) is 1. The Morgan fingerprint density at radius 3 is 2.82 bits per heavy atom. The molecule has 0 spiro atoms. The summed E-state index contributed by atoms with van der Waals surface area (Å²) in [5, 5.41) is 11.5. The number of rotatable bonds is 6. The van der Waals surface area contributed by atoms with E-state index >= 15 is 0 Å². The van der Waals surface area contributed by atoms with Crippen molar-refractivity contribution in [2.75, 3.05) is 5.32 Å². The lowest BCUT2D eigenvalue weighted by atomic mass is 9.90. The molecule has 2 aromatic heterocycles. The van der Waals surface area contributed by atoms with Gasteiger partial charge in [-0.1, -0.05) is 30.3 Å². The molecule has 0 aliphatic carbocycles. The number of carbonyl (C=O) groups is 1. The zero-order valence-electron chi connectivity index (χ0n) is 18.7. The molecule has 0 fully saturated rings. The highest BCUT2D eigenvalue weighted by atomic mass is 16.1. The molecule has 3 heterocycles. The first-order chi connectivity index (χ1) is 16.2. The number of fused-ring (bicyclic) bond motifs is 1. The normalized spacial score (nSPS) is 15.1. The minimum atomic E-state index is -0.0873. The second-order valence-electron chi connectivity index (χ2n) is 8.61. The standard InChI is InChI=1S/C27H27N5O/c1-19-30-31-26-14-12-23(18-32(19)26)21-7-5-8-22(17-21)27(33)29-25-10-4-6-20(16-25)11-13-24-9-2-3-15-28-24/h2-10,15-17,23H,11-14,18H2,1H3,(H,29,33)/t23-/m0/s1. The number of carbonyl (C=O) groups excluding carboxylic acids is 1. The molecule has 0 bridgehead atoms. The van der Waals surface area contributed by atoms with Crippen molar-refractivity contribution in [2.24, 2.45) is 0 Å². The van der Waals surface area contributed by atoms with Crippen molar-refractivity contribution < 1.29 is 4.79 Å². The maximum atomic E-state index is 13.0. The van der Waals surface area contributed by atoms with Crippen molar-refractivity contribution in [1.29, 1.82) is 0 Å². The molecule has 2 aromatic carbocycles. The predicted octanol–water partition coefficient (Wildman–Crippen LogP) is 4.75. The summed E-state index contributed by atoms with van der Waals surface area (Å²) in [7, 11) is 0. The summed E-state index contributed by atoms with van der Waals surface area (Å²) in [4.78, 5) is 17.4. The fourth-order valence-electron chi connectivity index (χ4n) is 4.49. The lowest BCUT2D eigenvalue weighted by molar-refractivity contribution is 0.102. The van der Waals surface area contributed by atoms with E-state index in [1.165, 1.54) is 11.1 Å². The van der Waals surface area contributed by atoms with E-state index in [2.05, 4.69) is 37.2 Å². The van der Waals surface area contributed by atoms with Crippen molar-refractivity contribution in [2.45, 2.75) is 45.1 Å². The summed E-state index contributed by atoms with van der Waals surface area (Å²) in [5.74, 6) is 2.28. The molecule has 0 unspecified atom stereocenters. The second-order valence-corrected chi connectivity index (χ2v) is 8.61. The number of amides is 1. The zero-order chi connectivity index (χ0) is 22.6. The minimum Gasteiger partial charge on any atom is -0.322 e. The van der Waals surface area contributed by atoms with Crippen LogP contribution in [0.2, 0.25) is 0 Å². The maximum Gasteiger partial charge on any atom is 0.255 e. The second kappa shape index (κ2) is 9.36. The molecule has 0 saturated heterocycles. The number of benzene rings is 2. The van der Waals surface area contributed by atoms with Gasteiger partial charge in [-0.05, 0) is 73.7 Å². The summed E-state index contributed by atoms with van der Waals surface area (Å²) in [5.41, 5.74) is 4.92. The van der Waals surface area contributed by atoms with Gasteiger partial charge in [0.15, 0.2) is 0 Å². The van der Waals surface area contributed by atoms with E-state index < -0.39 is 0 Å². The Labute approximate surface area is 193 Å². The van der Waals surface area contributed by atoms with Crippen LogP contribution in [0.3, 0.4) is 0 Å². The smallest absolute Gasteiger partial charge is 0.255 e. The first-order valence-electron chi connectivity index (χ1n) is 11.4. The quantitative estimate of drug-likeness (QED) is 0.473. The monoisotopic (exact) mass is 437 g/mol. The van der Waals surface area contributed by atoms with Gasteiger partial charge in [0.05, 0.1) is 0 Å². The average molecular weight is 438 g/mol. The molecule has 166 valence electrons. The van der Waals surface area contributed by atoms with Crippen molar-refractivity contribution in [1.82, 2.24) is 19.7 Å². The van der Waals surface area contributed by atoms with Gasteiger partial charge in [0, 0.05) is 42.0 Å². The molecule has 1 aliphatic rings. The number of hydrogen-bond acceptors (Lipinski definition) is 4. The summed E-state index contributed by atoms with van der Waals surface area (Å²) >= 11 is 0. The highest BCUT2D eigenvalue weighted by molar-refractivity contribution is 6.04. The average Bonchev–Trinajstić information content (AvgIpc) is 3.24. The Bertz CT molecular complexity index is 1260. The van der Waals surface area contributed by atoms with Crippen molar-refractivity contribution >= 4 is 11.6 Å². The van der Waals surface area contributed by atoms with Gasteiger partial charge in [-0.15, -0.1) is 10.2 Å². The highest BCUT2D eigenvalue weighted by Gasteiger charge is 2.23. The van der Waals surface area contributed by atoms with Gasteiger partial charge in [-0.2, -0.15) is 0 Å². The van der Waals surface area contributed by atoms with Crippen LogP contribution >= 0.6 is 0 Å². The third kappa shape index (κ3) is 4.85. The molecule has 1 aliphatic heterocycles. The van der Waals surface area contributed by atoms with Gasteiger partial charge in [-0.25, -0.2) is 0 Å². The van der Waals surface area contributed by atoms with Gasteiger partial charge in [0.1, 0.15) is 11.6 Å². The predicted molar refractivity (Wildman–Crippen MR) is 128 cm³/mol. The molecule has 0 saturated carbocycles. The SMILES string of the molecule is Cc1nnc2n1C[C@@H](c1cccc(C(=O)Nc3cccc(CCc4ccccn4)c3)c1)CC2. The molecule has 4 aromatic rings. The van der Waals surface area contributed by atoms with Gasteiger partial charge in [0.2, 0.25) is 0 Å². The Balaban J connectivity index is 1.26. The lowest BCUT2D eigenvalue weighted by Crippen LogP contribution is -2.20. The van der Waals surface area contributed by atoms with E-state index in [4.69, 9.17) is 0 Å². The van der Waals surface area contributed by atoms with E-state index in [9.17, 15) is 4.79 Å². The first-order valence-corrected chi connectivity index (χ1v) is 11.4. The molecular formula is C27H27N5O. The topological polar surface area (TPSA) is 72.7 Å². The molecular weight excluding hydrogens is 410 g/mol. The van der Waals surface area contributed by atoms with Crippen LogP contribution in [0.25, 0.3) is 0 Å². The molecule has 1 atom stereocenters. The minimum absolute atomic E-state index is 0.0873. The van der Waals surface area contributed by atoms with Gasteiger partial charge in [0.25, 0.3) is 5.91 Å². The number of nitrogens with zero attached hydrogens (tertiary/aromatic N) is 4. The van der Waals surface area contributed by atoms with E-state index in [-0.39, 0.29) is 5.91 Å². The van der Waals surface area contributed by atoms with Crippen molar-refractivity contribution in [3.05, 3.63) is 107 Å². The summed E-state index contributed by atoms with van der Waals surface area (Å²) in [6.07, 6.45) is 5.49. The van der Waals surface area contributed by atoms with Crippen LogP contribution < -0.4 is 5.32 Å². The molecule has 1 N–H and O–H groups in total. The summed E-state index contributed by atoms with van der Waals surface area (Å²) < 4.78 is 2.19. The molecule has 33 heavy (non-hydrogen) atoms. The van der Waals surface area contributed by atoms with E-state index in [0.29, 0.717) is 11.5 Å². The summed E-state index contributed by atoms with van der Waals surface area (Å²) in [6, 6.07) is 22.0. The zero-order valence-corrected chi connectivity index (χ0v) is 18.7. The number of aromatic nitrogens is 4. The number of nitrogens with one attached hydrogen (secondary N) is 1. The van der Waals surface area contributed by atoms with E-state index in [0.717, 1.165) is 55.3 Å². The van der Waals surface area contributed by atoms with E-state index in [1.54, 1.807) is 0 Å². The van der Waals surface area contributed by atoms with E-state index in [1.807, 2.05) is 67.7 Å². The molecule has 1 amide bonds. The number of pyridine rings is 1. The van der Waals surface area contributed by atoms with Crippen LogP contribution in [0.1, 0.15) is 51.2 Å². The fourth-order valence-corrected chi connectivity index (χ4v) is 4.49. The van der Waals surface area contributed by atoms with Crippen LogP contribution in [0, 0.1) is 6.92 Å². The Kier molecular flexibility index (Phi) is 5.98. The fraction of sp³-hybridized carbons (Fsp3) is 0.259. The lowest BCUT2D eigenvalue weighted by Gasteiger charge is -2.24. The first kappa shape index (κ1) is 21.1. The Hall–Kier alpha value is -3.80. The van der Waals surface area contributed by atoms with Crippen LogP contribution in [0.5, 0.6) is 0 Å². The largest absolute Gasteiger partial charge is 0.322 e. The van der Waals surface area contributed by atoms with Crippen molar-refractivity contribution in [3.8, 4) is 0 Å². The van der Waals surface area contributed by atoms with Crippen LogP contribution in [-0.4, -0.2) is 25.7 Å². The van der Waals surface area contributed by atoms with Gasteiger partial charge < -0.3 is 9.88 Å². The number of aryl methyl sites for hydroxylation is 4. The molecule has 5 rings (SSSR count). The summed E-state index contributed by atoms with van der Waals surface area (Å²) in [6.45, 7) is 2.85. The number of anilines is 1. The molecule has 6 nitrogen and oxygen atoms in total. The Morgan fingerprint density at radius 2 is 1.94 bits per heavy atom. The Morgan fingerprint density at radius 1 is 1.03 bits per heavy atom. The maximum absolute atomic E-state index is 13.0. The van der Waals surface area contributed by atoms with Crippen molar-refractivity contribution in [3.63, 3.8) is 0 Å². The third-order valence-electron chi connectivity index (χ3n) is 6.33. The van der Waals surface area contributed by atoms with Crippen LogP contribution in [0.15, 0.2) is 72.9 Å². The van der Waals surface area contributed by atoms with Gasteiger partial charge in [-0.3, -0.25) is 9.78 Å². The third-order valence-corrected chi connectivity index (χ3v) is 6.33. The molecule has 6 heteroatoms. The highest BCUT2D eigenvalue weighted by Crippen LogP contribution is 2.29. The van der Waals surface area contributed by atoms with Gasteiger partial charge >= 0.3 is 0 Å². The van der Waals surface area contributed by atoms with Crippen LogP contribution in [0.4, 0.5) is 5.69 Å².